The van der Waals surface area contributed by atoms with Crippen molar-refractivity contribution >= 4 is 24.3 Å². The largest absolute Gasteiger partial charge is 0.508 e. The van der Waals surface area contributed by atoms with E-state index in [0.29, 0.717) is 6.42 Å². The molecule has 1 rings (SSSR count). The fraction of sp³-hybridized carbons (Fsp3) is 0.500. The molecule has 0 aromatic heterocycles. The minimum atomic E-state index is -0.605. The van der Waals surface area contributed by atoms with Crippen LogP contribution in [0.5, 0.6) is 5.75 Å². The van der Waals surface area contributed by atoms with Gasteiger partial charge in [-0.05, 0) is 30.0 Å². The summed E-state index contributed by atoms with van der Waals surface area (Å²) in [6.45, 7) is 3.88. The number of rotatable bonds is 7. The van der Waals surface area contributed by atoms with Crippen LogP contribution in [0.1, 0.15) is 19.4 Å². The van der Waals surface area contributed by atoms with E-state index < -0.39 is 17.9 Å². The molecule has 0 saturated carbocycles. The molecule has 6 nitrogen and oxygen atoms in total. The molecule has 7 heteroatoms. The van der Waals surface area contributed by atoms with Crippen molar-refractivity contribution in [3.63, 3.8) is 0 Å². The van der Waals surface area contributed by atoms with Gasteiger partial charge in [0, 0.05) is 6.54 Å². The molecule has 130 valence electrons. The van der Waals surface area contributed by atoms with Crippen molar-refractivity contribution in [2.24, 2.45) is 17.6 Å². The Morgan fingerprint density at radius 2 is 1.83 bits per heavy atom. The Hall–Kier alpha value is -1.79. The highest BCUT2D eigenvalue weighted by Gasteiger charge is 2.23. The minimum absolute atomic E-state index is 0. The number of phenolic OH excluding ortho intramolecular Hbond substituents is 1. The van der Waals surface area contributed by atoms with Crippen molar-refractivity contribution in [1.29, 1.82) is 0 Å². The number of carbonyl (C=O) groups is 2. The Kier molecular flexibility index (Phi) is 9.29. The van der Waals surface area contributed by atoms with Crippen LogP contribution in [0.3, 0.4) is 0 Å². The van der Waals surface area contributed by atoms with Crippen LogP contribution in [-0.4, -0.2) is 36.7 Å². The van der Waals surface area contributed by atoms with Gasteiger partial charge in [0.15, 0.2) is 0 Å². The Labute approximate surface area is 142 Å². The van der Waals surface area contributed by atoms with Gasteiger partial charge in [0.05, 0.1) is 19.1 Å². The SMILES string of the molecule is COC(=O)C(CNC(=O)[C@@H](N)C(C)C)Cc1ccc(O)cc1.Cl. The van der Waals surface area contributed by atoms with Gasteiger partial charge in [-0.1, -0.05) is 26.0 Å². The van der Waals surface area contributed by atoms with Crippen LogP contribution < -0.4 is 11.1 Å². The van der Waals surface area contributed by atoms with Crippen LogP contribution in [0, 0.1) is 11.8 Å². The van der Waals surface area contributed by atoms with Gasteiger partial charge in [0.2, 0.25) is 5.91 Å². The van der Waals surface area contributed by atoms with Gasteiger partial charge in [-0.3, -0.25) is 9.59 Å². The quantitative estimate of drug-likeness (QED) is 0.646. The number of methoxy groups -OCH3 is 1. The molecule has 23 heavy (non-hydrogen) atoms. The lowest BCUT2D eigenvalue weighted by Crippen LogP contribution is -2.46. The number of aromatic hydroxyl groups is 1. The molecular formula is C16H25ClN2O4. The number of ether oxygens (including phenoxy) is 1. The zero-order valence-corrected chi connectivity index (χ0v) is 14.4. The molecule has 0 spiro atoms. The highest BCUT2D eigenvalue weighted by molar-refractivity contribution is 5.85. The topological polar surface area (TPSA) is 102 Å². The first-order valence-electron chi connectivity index (χ1n) is 7.24. The van der Waals surface area contributed by atoms with E-state index in [-0.39, 0.29) is 36.5 Å². The van der Waals surface area contributed by atoms with E-state index in [2.05, 4.69) is 5.32 Å². The summed E-state index contributed by atoms with van der Waals surface area (Å²) < 4.78 is 4.78. The van der Waals surface area contributed by atoms with E-state index >= 15 is 0 Å². The van der Waals surface area contributed by atoms with Crippen molar-refractivity contribution < 1.29 is 19.4 Å². The van der Waals surface area contributed by atoms with Crippen LogP contribution in [-0.2, 0) is 20.7 Å². The van der Waals surface area contributed by atoms with Crippen LogP contribution in [0.25, 0.3) is 0 Å². The van der Waals surface area contributed by atoms with Crippen molar-refractivity contribution in [3.8, 4) is 5.75 Å². The molecule has 0 radical (unpaired) electrons. The summed E-state index contributed by atoms with van der Waals surface area (Å²) in [5, 5.41) is 12.0. The predicted molar refractivity (Wildman–Crippen MR) is 90.4 cm³/mol. The maximum atomic E-state index is 11.9. The van der Waals surface area contributed by atoms with Gasteiger partial charge in [-0.2, -0.15) is 0 Å². The first-order chi connectivity index (χ1) is 10.3. The van der Waals surface area contributed by atoms with Crippen molar-refractivity contribution in [3.05, 3.63) is 29.8 Å². The molecule has 0 aliphatic carbocycles. The third-order valence-electron chi connectivity index (χ3n) is 3.50. The molecule has 0 aliphatic heterocycles. The number of hydrogen-bond donors (Lipinski definition) is 3. The highest BCUT2D eigenvalue weighted by Crippen LogP contribution is 2.14. The maximum Gasteiger partial charge on any atom is 0.310 e. The number of halogens is 1. The molecule has 0 fully saturated rings. The maximum absolute atomic E-state index is 11.9. The average molecular weight is 345 g/mol. The van der Waals surface area contributed by atoms with Gasteiger partial charge in [-0.15, -0.1) is 12.4 Å². The zero-order valence-electron chi connectivity index (χ0n) is 13.6. The number of esters is 1. The first kappa shape index (κ1) is 21.2. The van der Waals surface area contributed by atoms with Crippen molar-refractivity contribution in [1.82, 2.24) is 5.32 Å². The van der Waals surface area contributed by atoms with Gasteiger partial charge < -0.3 is 20.9 Å². The fourth-order valence-corrected chi connectivity index (χ4v) is 1.97. The minimum Gasteiger partial charge on any atom is -0.508 e. The summed E-state index contributed by atoms with van der Waals surface area (Å²) >= 11 is 0. The van der Waals surface area contributed by atoms with Gasteiger partial charge in [0.25, 0.3) is 0 Å². The normalized spacial score (nSPS) is 12.9. The number of phenols is 1. The Morgan fingerprint density at radius 1 is 1.26 bits per heavy atom. The van der Waals surface area contributed by atoms with Crippen molar-refractivity contribution in [2.75, 3.05) is 13.7 Å². The van der Waals surface area contributed by atoms with Crippen molar-refractivity contribution in [2.45, 2.75) is 26.3 Å². The molecule has 2 atom stereocenters. The van der Waals surface area contributed by atoms with E-state index in [1.807, 2.05) is 13.8 Å². The zero-order chi connectivity index (χ0) is 16.7. The molecule has 0 aliphatic rings. The molecule has 1 aromatic rings. The van der Waals surface area contributed by atoms with Crippen LogP contribution in [0.15, 0.2) is 24.3 Å². The van der Waals surface area contributed by atoms with Gasteiger partial charge in [0.1, 0.15) is 5.75 Å². The molecule has 1 amide bonds. The summed E-state index contributed by atoms with van der Waals surface area (Å²) in [5.74, 6) is -0.998. The van der Waals surface area contributed by atoms with E-state index in [0.717, 1.165) is 5.56 Å². The number of benzene rings is 1. The first-order valence-corrected chi connectivity index (χ1v) is 7.24. The molecule has 1 aromatic carbocycles. The second-order valence-corrected chi connectivity index (χ2v) is 5.61. The lowest BCUT2D eigenvalue weighted by Gasteiger charge is -2.19. The van der Waals surface area contributed by atoms with E-state index in [1.165, 1.54) is 7.11 Å². The molecule has 0 saturated heterocycles. The second-order valence-electron chi connectivity index (χ2n) is 5.61. The summed E-state index contributed by atoms with van der Waals surface area (Å²) in [6.07, 6.45) is 0.407. The highest BCUT2D eigenvalue weighted by atomic mass is 35.5. The van der Waals surface area contributed by atoms with Crippen LogP contribution in [0.4, 0.5) is 0 Å². The smallest absolute Gasteiger partial charge is 0.310 e. The Morgan fingerprint density at radius 3 is 2.30 bits per heavy atom. The van der Waals surface area contributed by atoms with E-state index in [9.17, 15) is 14.7 Å². The summed E-state index contributed by atoms with van der Waals surface area (Å²) in [7, 11) is 1.31. The molecule has 0 bridgehead atoms. The third kappa shape index (κ3) is 6.88. The van der Waals surface area contributed by atoms with E-state index in [4.69, 9.17) is 10.5 Å². The third-order valence-corrected chi connectivity index (χ3v) is 3.50. The van der Waals surface area contributed by atoms with E-state index in [1.54, 1.807) is 24.3 Å². The van der Waals surface area contributed by atoms with Crippen LogP contribution in [0.2, 0.25) is 0 Å². The molecule has 0 heterocycles. The fourth-order valence-electron chi connectivity index (χ4n) is 1.97. The average Bonchev–Trinajstić information content (AvgIpc) is 2.51. The summed E-state index contributed by atoms with van der Waals surface area (Å²) in [5.41, 5.74) is 6.64. The molecule has 4 N–H and O–H groups in total. The number of nitrogens with one attached hydrogen (secondary N) is 1. The van der Waals surface area contributed by atoms with Gasteiger partial charge in [-0.25, -0.2) is 0 Å². The number of hydrogen-bond acceptors (Lipinski definition) is 5. The molecule has 1 unspecified atom stereocenters. The summed E-state index contributed by atoms with van der Waals surface area (Å²) in [6, 6.07) is 5.96. The van der Waals surface area contributed by atoms with Gasteiger partial charge >= 0.3 is 5.97 Å². The van der Waals surface area contributed by atoms with Crippen LogP contribution >= 0.6 is 12.4 Å². The summed E-state index contributed by atoms with van der Waals surface area (Å²) in [4.78, 5) is 23.7. The lowest BCUT2D eigenvalue weighted by atomic mass is 9.98. The standard InChI is InChI=1S/C16H24N2O4.ClH/c1-10(2)14(17)15(20)18-9-12(16(21)22-3)8-11-4-6-13(19)7-5-11;/h4-7,10,12,14,19H,8-9,17H2,1-3H3,(H,18,20);1H/t12?,14-;/m0./s1. The Balaban J connectivity index is 0.00000484. The number of amides is 1. The second kappa shape index (κ2) is 10.1. The molecular weight excluding hydrogens is 320 g/mol. The predicted octanol–water partition coefficient (Wildman–Crippen LogP) is 1.25. The monoisotopic (exact) mass is 344 g/mol. The Bertz CT molecular complexity index is 505. The lowest BCUT2D eigenvalue weighted by molar-refractivity contribution is -0.145. The number of carbonyl (C=O) groups excluding carboxylic acids is 2. The number of nitrogens with two attached hydrogens (primary N) is 1.